The standard InChI is InChI=1S/C26H31ClO11/c1-10-16(27)20-26(33,11(2)23(32)37-20)22(35-13(4)29)19-24(6,21-18(36-21)17(10)34-12(3)28)9-8-15(31)25(19,7)38-14(5)30/h8-9,11,16-22,33H,1H2,2-7H3. The Morgan fingerprint density at radius 2 is 1.66 bits per heavy atom. The number of ketones is 1. The summed E-state index contributed by atoms with van der Waals surface area (Å²) in [6.45, 7) is 11.8. The predicted molar refractivity (Wildman–Crippen MR) is 128 cm³/mol. The lowest BCUT2D eigenvalue weighted by atomic mass is 9.55. The van der Waals surface area contributed by atoms with Gasteiger partial charge in [-0.3, -0.25) is 24.0 Å². The lowest BCUT2D eigenvalue weighted by Crippen LogP contribution is -2.70. The number of ether oxygens (including phenoxy) is 5. The lowest BCUT2D eigenvalue weighted by Gasteiger charge is -2.53. The smallest absolute Gasteiger partial charge is 0.312 e. The first-order valence-electron chi connectivity index (χ1n) is 12.2. The topological polar surface area (TPSA) is 155 Å². The summed E-state index contributed by atoms with van der Waals surface area (Å²) in [5.74, 6) is -6.38. The summed E-state index contributed by atoms with van der Waals surface area (Å²) in [6.07, 6.45) is -3.15. The van der Waals surface area contributed by atoms with Crippen LogP contribution in [-0.4, -0.2) is 81.9 Å². The highest BCUT2D eigenvalue weighted by Crippen LogP contribution is 2.59. The first-order valence-corrected chi connectivity index (χ1v) is 12.6. The second-order valence-corrected chi connectivity index (χ2v) is 11.2. The summed E-state index contributed by atoms with van der Waals surface area (Å²) in [6, 6.07) is 0. The minimum absolute atomic E-state index is 0.0990. The van der Waals surface area contributed by atoms with E-state index in [0.29, 0.717) is 0 Å². The zero-order chi connectivity index (χ0) is 28.5. The minimum atomic E-state index is -2.33. The second kappa shape index (κ2) is 9.17. The van der Waals surface area contributed by atoms with Crippen molar-refractivity contribution in [2.45, 2.75) is 88.6 Å². The Kier molecular flexibility index (Phi) is 6.82. The SMILES string of the molecule is C=C1C(Cl)C2OC(=O)C(C)C2(O)C(OC(C)=O)C2C(C)(OC(C)=O)C(=O)C=CC2(C)C2OC2C1OC(C)=O. The molecule has 2 aliphatic carbocycles. The average Bonchev–Trinajstić information content (AvgIpc) is 3.57. The van der Waals surface area contributed by atoms with Crippen LogP contribution in [0.3, 0.4) is 0 Å². The first-order chi connectivity index (χ1) is 17.5. The van der Waals surface area contributed by atoms with E-state index in [2.05, 4.69) is 6.58 Å². The van der Waals surface area contributed by atoms with Gasteiger partial charge in [0, 0.05) is 26.2 Å². The van der Waals surface area contributed by atoms with Crippen LogP contribution < -0.4 is 0 Å². The molecular weight excluding hydrogens is 524 g/mol. The van der Waals surface area contributed by atoms with Crippen molar-refractivity contribution in [3.05, 3.63) is 24.3 Å². The van der Waals surface area contributed by atoms with E-state index < -0.39 is 94.0 Å². The number of hydrogen-bond donors (Lipinski definition) is 1. The summed E-state index contributed by atoms with van der Waals surface area (Å²) in [5, 5.41) is 11.0. The Balaban J connectivity index is 2.04. The van der Waals surface area contributed by atoms with E-state index in [0.717, 1.165) is 13.8 Å². The highest BCUT2D eigenvalue weighted by atomic mass is 35.5. The molecular formula is C26H31ClO11. The van der Waals surface area contributed by atoms with Crippen molar-refractivity contribution in [1.82, 2.24) is 0 Å². The molecule has 1 N–H and O–H groups in total. The van der Waals surface area contributed by atoms with E-state index in [1.165, 1.54) is 32.9 Å². The molecule has 2 heterocycles. The highest BCUT2D eigenvalue weighted by molar-refractivity contribution is 6.23. The molecule has 2 saturated heterocycles. The van der Waals surface area contributed by atoms with Crippen LogP contribution in [0.1, 0.15) is 41.5 Å². The molecule has 12 heteroatoms. The van der Waals surface area contributed by atoms with Crippen LogP contribution in [0, 0.1) is 17.3 Å². The van der Waals surface area contributed by atoms with E-state index in [1.54, 1.807) is 6.92 Å². The number of esters is 4. The Hall–Kier alpha value is -2.76. The summed E-state index contributed by atoms with van der Waals surface area (Å²) >= 11 is 6.76. The first kappa shape index (κ1) is 28.3. The largest absolute Gasteiger partial charge is 0.459 e. The van der Waals surface area contributed by atoms with Crippen molar-refractivity contribution < 1.29 is 52.8 Å². The molecule has 3 fully saturated rings. The number of epoxide rings is 1. The molecule has 0 amide bonds. The number of rotatable bonds is 3. The third-order valence-electron chi connectivity index (χ3n) is 8.22. The Labute approximate surface area is 224 Å². The second-order valence-electron chi connectivity index (χ2n) is 10.8. The molecule has 1 saturated carbocycles. The molecule has 11 nitrogen and oxygen atoms in total. The molecule has 0 bridgehead atoms. The van der Waals surface area contributed by atoms with Gasteiger partial charge in [-0.25, -0.2) is 0 Å². The normalized spacial score (nSPS) is 45.6. The highest BCUT2D eigenvalue weighted by Gasteiger charge is 2.75. The molecule has 0 aromatic heterocycles. The molecule has 38 heavy (non-hydrogen) atoms. The maximum absolute atomic E-state index is 13.4. The monoisotopic (exact) mass is 554 g/mol. The van der Waals surface area contributed by atoms with Crippen molar-refractivity contribution in [3.63, 3.8) is 0 Å². The number of carbonyl (C=O) groups excluding carboxylic acids is 5. The van der Waals surface area contributed by atoms with Crippen LogP contribution >= 0.6 is 11.6 Å². The summed E-state index contributed by atoms with van der Waals surface area (Å²) in [5.41, 5.74) is -5.49. The molecule has 0 aromatic carbocycles. The van der Waals surface area contributed by atoms with E-state index in [9.17, 15) is 29.1 Å². The molecule has 4 aliphatic rings. The van der Waals surface area contributed by atoms with Gasteiger partial charge in [0.2, 0.25) is 0 Å². The zero-order valence-corrected chi connectivity index (χ0v) is 22.6. The molecule has 208 valence electrons. The number of carbonyl (C=O) groups is 5. The van der Waals surface area contributed by atoms with Gasteiger partial charge in [-0.05, 0) is 25.5 Å². The zero-order valence-electron chi connectivity index (χ0n) is 21.9. The van der Waals surface area contributed by atoms with E-state index in [4.69, 9.17) is 35.3 Å². The number of hydrogen-bond acceptors (Lipinski definition) is 11. The van der Waals surface area contributed by atoms with Crippen LogP contribution in [0.15, 0.2) is 24.3 Å². The fourth-order valence-corrected chi connectivity index (χ4v) is 6.75. The van der Waals surface area contributed by atoms with E-state index in [1.807, 2.05) is 0 Å². The van der Waals surface area contributed by atoms with Gasteiger partial charge in [0.25, 0.3) is 0 Å². The third kappa shape index (κ3) is 4.06. The summed E-state index contributed by atoms with van der Waals surface area (Å²) < 4.78 is 28.4. The van der Waals surface area contributed by atoms with Crippen LogP contribution in [-0.2, 0) is 47.7 Å². The van der Waals surface area contributed by atoms with Gasteiger partial charge in [0.05, 0.1) is 23.3 Å². The molecule has 11 atom stereocenters. The van der Waals surface area contributed by atoms with Gasteiger partial charge >= 0.3 is 23.9 Å². The van der Waals surface area contributed by atoms with Gasteiger partial charge < -0.3 is 28.8 Å². The number of aliphatic hydroxyl groups is 1. The molecule has 0 spiro atoms. The van der Waals surface area contributed by atoms with Gasteiger partial charge in [-0.2, -0.15) is 0 Å². The van der Waals surface area contributed by atoms with Gasteiger partial charge in [0.15, 0.2) is 29.2 Å². The van der Waals surface area contributed by atoms with Crippen molar-refractivity contribution in [1.29, 1.82) is 0 Å². The number of fused-ring (bicyclic) bond motifs is 4. The van der Waals surface area contributed by atoms with Crippen molar-refractivity contribution in [2.24, 2.45) is 17.3 Å². The lowest BCUT2D eigenvalue weighted by molar-refractivity contribution is -0.225. The fraction of sp³-hybridized carbons (Fsp3) is 0.654. The predicted octanol–water partition coefficient (Wildman–Crippen LogP) is 1.17. The molecule has 2 aliphatic heterocycles. The molecule has 0 radical (unpaired) electrons. The molecule has 4 rings (SSSR count). The van der Waals surface area contributed by atoms with Crippen LogP contribution in [0.2, 0.25) is 0 Å². The Bertz CT molecular complexity index is 1150. The van der Waals surface area contributed by atoms with Gasteiger partial charge in [-0.15, -0.1) is 11.6 Å². The summed E-state index contributed by atoms with van der Waals surface area (Å²) in [4.78, 5) is 63.0. The van der Waals surface area contributed by atoms with E-state index >= 15 is 0 Å². The maximum atomic E-state index is 13.4. The Morgan fingerprint density at radius 3 is 2.21 bits per heavy atom. The van der Waals surface area contributed by atoms with Crippen molar-refractivity contribution in [2.75, 3.05) is 0 Å². The average molecular weight is 555 g/mol. The van der Waals surface area contributed by atoms with Crippen molar-refractivity contribution >= 4 is 41.3 Å². The Morgan fingerprint density at radius 1 is 1.05 bits per heavy atom. The summed E-state index contributed by atoms with van der Waals surface area (Å²) in [7, 11) is 0. The quantitative estimate of drug-likeness (QED) is 0.176. The van der Waals surface area contributed by atoms with Gasteiger partial charge in [-0.1, -0.05) is 19.6 Å². The van der Waals surface area contributed by atoms with Crippen LogP contribution in [0.4, 0.5) is 0 Å². The molecule has 11 unspecified atom stereocenters. The van der Waals surface area contributed by atoms with E-state index in [-0.39, 0.29) is 5.57 Å². The third-order valence-corrected chi connectivity index (χ3v) is 8.72. The minimum Gasteiger partial charge on any atom is -0.459 e. The van der Waals surface area contributed by atoms with Crippen LogP contribution in [0.25, 0.3) is 0 Å². The maximum Gasteiger partial charge on any atom is 0.312 e. The van der Waals surface area contributed by atoms with Gasteiger partial charge in [0.1, 0.15) is 12.2 Å². The number of halogens is 1. The van der Waals surface area contributed by atoms with Crippen molar-refractivity contribution in [3.8, 4) is 0 Å². The number of alkyl halides is 1. The fourth-order valence-electron chi connectivity index (χ4n) is 6.38. The van der Waals surface area contributed by atoms with Crippen LogP contribution in [0.5, 0.6) is 0 Å². The molecule has 0 aromatic rings.